The van der Waals surface area contributed by atoms with Gasteiger partial charge < -0.3 is 5.11 Å². The van der Waals surface area contributed by atoms with Crippen LogP contribution in [0.2, 0.25) is 0 Å². The van der Waals surface area contributed by atoms with Crippen molar-refractivity contribution in [3.8, 4) is 0 Å². The molecule has 2 atom stereocenters. The van der Waals surface area contributed by atoms with Gasteiger partial charge in [0.15, 0.2) is 0 Å². The standard InChI is InChI=1S/C6H7F3O4/c1-4(3(10)11)12-5(2,7)6(8,9)13-4/h1-2H3,(H,10,11). The van der Waals surface area contributed by atoms with Crippen molar-refractivity contribution in [2.45, 2.75) is 31.6 Å². The molecule has 0 spiro atoms. The second-order valence-corrected chi connectivity index (χ2v) is 2.89. The summed E-state index contributed by atoms with van der Waals surface area (Å²) in [4.78, 5) is 10.3. The maximum Gasteiger partial charge on any atom is 0.417 e. The Kier molecular flexibility index (Phi) is 1.86. The number of carbonyl (C=O) groups is 1. The van der Waals surface area contributed by atoms with Crippen molar-refractivity contribution in [3.05, 3.63) is 0 Å². The molecule has 76 valence electrons. The van der Waals surface area contributed by atoms with Crippen molar-refractivity contribution in [2.24, 2.45) is 0 Å². The number of aliphatic carboxylic acids is 1. The molecule has 0 aromatic carbocycles. The van der Waals surface area contributed by atoms with E-state index in [2.05, 4.69) is 9.47 Å². The molecule has 4 nitrogen and oxygen atoms in total. The summed E-state index contributed by atoms with van der Waals surface area (Å²) in [5.41, 5.74) is 0. The van der Waals surface area contributed by atoms with Crippen LogP contribution < -0.4 is 0 Å². The molecule has 13 heavy (non-hydrogen) atoms. The molecule has 0 bridgehead atoms. The second-order valence-electron chi connectivity index (χ2n) is 2.89. The molecular formula is C6H7F3O4. The first-order valence-corrected chi connectivity index (χ1v) is 3.31. The Hall–Kier alpha value is -0.820. The molecule has 1 N–H and O–H groups in total. The first-order chi connectivity index (χ1) is 5.61. The number of carboxylic acid groups (broad SMARTS) is 1. The van der Waals surface area contributed by atoms with Gasteiger partial charge in [0.2, 0.25) is 0 Å². The molecule has 7 heteroatoms. The van der Waals surface area contributed by atoms with Gasteiger partial charge in [-0.15, -0.1) is 0 Å². The van der Waals surface area contributed by atoms with Crippen LogP contribution in [0.25, 0.3) is 0 Å². The monoisotopic (exact) mass is 200 g/mol. The van der Waals surface area contributed by atoms with Crippen molar-refractivity contribution in [2.75, 3.05) is 0 Å². The Morgan fingerprint density at radius 2 is 1.69 bits per heavy atom. The smallest absolute Gasteiger partial charge is 0.417 e. The molecule has 1 heterocycles. The summed E-state index contributed by atoms with van der Waals surface area (Å²) >= 11 is 0. The molecule has 0 aromatic rings. The van der Waals surface area contributed by atoms with E-state index in [1.165, 1.54) is 0 Å². The molecule has 1 aliphatic rings. The second kappa shape index (κ2) is 2.36. The summed E-state index contributed by atoms with van der Waals surface area (Å²) in [5.74, 6) is -7.89. The summed E-state index contributed by atoms with van der Waals surface area (Å²) in [7, 11) is 0. The van der Waals surface area contributed by atoms with Crippen molar-refractivity contribution < 1.29 is 32.5 Å². The number of hydrogen-bond acceptors (Lipinski definition) is 3. The summed E-state index contributed by atoms with van der Waals surface area (Å²) in [6.45, 7) is 1.11. The summed E-state index contributed by atoms with van der Waals surface area (Å²) in [6.07, 6.45) is -4.26. The summed E-state index contributed by atoms with van der Waals surface area (Å²) in [6, 6.07) is 0. The SMILES string of the molecule is CC1(C(=O)O)OC(C)(F)C(F)(F)O1. The number of alkyl halides is 3. The fourth-order valence-corrected chi connectivity index (χ4v) is 0.869. The molecular weight excluding hydrogens is 193 g/mol. The molecule has 0 radical (unpaired) electrons. The lowest BCUT2D eigenvalue weighted by Crippen LogP contribution is -2.38. The lowest BCUT2D eigenvalue weighted by atomic mass is 10.3. The number of halogens is 3. The number of carboxylic acids is 1. The van der Waals surface area contributed by atoms with E-state index in [1.54, 1.807) is 0 Å². The van der Waals surface area contributed by atoms with Gasteiger partial charge in [-0.2, -0.15) is 8.78 Å². The number of ether oxygens (including phenoxy) is 2. The van der Waals surface area contributed by atoms with Crippen molar-refractivity contribution >= 4 is 5.97 Å². The van der Waals surface area contributed by atoms with Crippen LogP contribution in [-0.4, -0.2) is 28.8 Å². The average molecular weight is 200 g/mol. The van der Waals surface area contributed by atoms with Crippen LogP contribution in [0.1, 0.15) is 13.8 Å². The van der Waals surface area contributed by atoms with Crippen LogP contribution in [0.5, 0.6) is 0 Å². The average Bonchev–Trinajstić information content (AvgIpc) is 1.97. The number of hydrogen-bond donors (Lipinski definition) is 1. The predicted octanol–water partition coefficient (Wildman–Crippen LogP) is 1.11. The van der Waals surface area contributed by atoms with Crippen LogP contribution in [0.3, 0.4) is 0 Å². The summed E-state index contributed by atoms with van der Waals surface area (Å²) < 4.78 is 45.7. The highest BCUT2D eigenvalue weighted by atomic mass is 19.3. The highest BCUT2D eigenvalue weighted by molar-refractivity contribution is 5.75. The third-order valence-electron chi connectivity index (χ3n) is 1.62. The van der Waals surface area contributed by atoms with Gasteiger partial charge >= 0.3 is 17.9 Å². The molecule has 0 aromatic heterocycles. The van der Waals surface area contributed by atoms with Crippen LogP contribution >= 0.6 is 0 Å². The Morgan fingerprint density at radius 3 is 1.85 bits per heavy atom. The molecule has 0 aliphatic carbocycles. The summed E-state index contributed by atoms with van der Waals surface area (Å²) in [5, 5.41) is 8.39. The molecule has 1 aliphatic heterocycles. The van der Waals surface area contributed by atoms with E-state index in [9.17, 15) is 18.0 Å². The third-order valence-corrected chi connectivity index (χ3v) is 1.62. The number of rotatable bonds is 1. The molecule has 1 fully saturated rings. The van der Waals surface area contributed by atoms with Crippen LogP contribution in [0, 0.1) is 0 Å². The highest BCUT2D eigenvalue weighted by Gasteiger charge is 2.69. The first kappa shape index (κ1) is 10.3. The van der Waals surface area contributed by atoms with Gasteiger partial charge in [0.05, 0.1) is 0 Å². The highest BCUT2D eigenvalue weighted by Crippen LogP contribution is 2.47. The Bertz CT molecular complexity index is 234. The lowest BCUT2D eigenvalue weighted by molar-refractivity contribution is -0.289. The maximum atomic E-state index is 12.9. The normalized spacial score (nSPS) is 43.5. The van der Waals surface area contributed by atoms with Gasteiger partial charge in [0.1, 0.15) is 0 Å². The Labute approximate surface area is 71.2 Å². The zero-order valence-corrected chi connectivity index (χ0v) is 6.81. The molecule has 1 rings (SSSR count). The Morgan fingerprint density at radius 1 is 1.23 bits per heavy atom. The van der Waals surface area contributed by atoms with E-state index >= 15 is 0 Å². The van der Waals surface area contributed by atoms with Crippen molar-refractivity contribution in [1.29, 1.82) is 0 Å². The minimum absolute atomic E-state index is 0.404. The topological polar surface area (TPSA) is 55.8 Å². The van der Waals surface area contributed by atoms with Gasteiger partial charge in [-0.1, -0.05) is 0 Å². The van der Waals surface area contributed by atoms with E-state index in [1.807, 2.05) is 0 Å². The zero-order valence-electron chi connectivity index (χ0n) is 6.81. The maximum absolute atomic E-state index is 12.9. The quantitative estimate of drug-likeness (QED) is 0.688. The fraction of sp³-hybridized carbons (Fsp3) is 0.833. The minimum atomic E-state index is -4.26. The molecule has 0 saturated carbocycles. The third kappa shape index (κ3) is 1.37. The van der Waals surface area contributed by atoms with E-state index in [-0.39, 0.29) is 0 Å². The van der Waals surface area contributed by atoms with Gasteiger partial charge in [0, 0.05) is 13.8 Å². The van der Waals surface area contributed by atoms with Gasteiger partial charge in [-0.3, -0.25) is 9.47 Å². The van der Waals surface area contributed by atoms with Crippen LogP contribution in [-0.2, 0) is 14.3 Å². The van der Waals surface area contributed by atoms with Crippen LogP contribution in [0.15, 0.2) is 0 Å². The Balaban J connectivity index is 3.00. The van der Waals surface area contributed by atoms with E-state index in [0.717, 1.165) is 0 Å². The van der Waals surface area contributed by atoms with Crippen molar-refractivity contribution in [1.82, 2.24) is 0 Å². The van der Waals surface area contributed by atoms with E-state index < -0.39 is 23.7 Å². The van der Waals surface area contributed by atoms with Crippen LogP contribution in [0.4, 0.5) is 13.2 Å². The van der Waals surface area contributed by atoms with Gasteiger partial charge in [0.25, 0.3) is 5.79 Å². The first-order valence-electron chi connectivity index (χ1n) is 3.31. The van der Waals surface area contributed by atoms with Gasteiger partial charge in [-0.05, 0) is 0 Å². The van der Waals surface area contributed by atoms with E-state index in [4.69, 9.17) is 5.11 Å². The zero-order chi connectivity index (χ0) is 10.5. The van der Waals surface area contributed by atoms with Crippen molar-refractivity contribution in [3.63, 3.8) is 0 Å². The molecule has 0 amide bonds. The fourth-order valence-electron chi connectivity index (χ4n) is 0.869. The van der Waals surface area contributed by atoms with E-state index in [0.29, 0.717) is 13.8 Å². The van der Waals surface area contributed by atoms with Gasteiger partial charge in [-0.25, -0.2) is 9.18 Å². The molecule has 2 unspecified atom stereocenters. The minimum Gasteiger partial charge on any atom is -0.477 e. The predicted molar refractivity (Wildman–Crippen MR) is 32.7 cm³/mol. The molecule has 1 saturated heterocycles. The lowest BCUT2D eigenvalue weighted by Gasteiger charge is -2.17. The largest absolute Gasteiger partial charge is 0.477 e.